The van der Waals surface area contributed by atoms with E-state index < -0.39 is 0 Å². The third-order valence-corrected chi connectivity index (χ3v) is 3.07. The van der Waals surface area contributed by atoms with Gasteiger partial charge in [-0.1, -0.05) is 26.2 Å². The highest BCUT2D eigenvalue weighted by Gasteiger charge is 2.04. The summed E-state index contributed by atoms with van der Waals surface area (Å²) in [5, 5.41) is 12.2. The molecule has 0 aliphatic carbocycles. The Kier molecular flexibility index (Phi) is 6.07. The van der Waals surface area contributed by atoms with Gasteiger partial charge in [-0.15, -0.1) is 0 Å². The third kappa shape index (κ3) is 4.67. The van der Waals surface area contributed by atoms with E-state index in [1.807, 2.05) is 18.2 Å². The van der Waals surface area contributed by atoms with Crippen LogP contribution in [0.15, 0.2) is 18.2 Å². The summed E-state index contributed by atoms with van der Waals surface area (Å²) in [6.07, 6.45) is 5.33. The van der Waals surface area contributed by atoms with Gasteiger partial charge in [0.05, 0.1) is 12.5 Å². The molecule has 1 aromatic rings. The van der Waals surface area contributed by atoms with Gasteiger partial charge in [-0.2, -0.15) is 5.26 Å². The Morgan fingerprint density at radius 2 is 2.17 bits per heavy atom. The lowest BCUT2D eigenvalue weighted by molar-refractivity contribution is 0.615. The molecule has 0 aliphatic heterocycles. The maximum Gasteiger partial charge on any atom is 0.0670 e. The Hall–Kier alpha value is -1.69. The molecule has 0 spiro atoms. The fourth-order valence-corrected chi connectivity index (χ4v) is 1.99. The fraction of sp³-hybridized carbons (Fsp3) is 0.533. The first-order valence-corrected chi connectivity index (χ1v) is 6.69. The van der Waals surface area contributed by atoms with Crippen LogP contribution in [0.5, 0.6) is 0 Å². The summed E-state index contributed by atoms with van der Waals surface area (Å²) in [5.41, 5.74) is 8.48. The molecule has 0 saturated carbocycles. The van der Waals surface area contributed by atoms with Crippen molar-refractivity contribution in [3.63, 3.8) is 0 Å². The van der Waals surface area contributed by atoms with E-state index in [9.17, 15) is 0 Å². The van der Waals surface area contributed by atoms with Gasteiger partial charge in [-0.3, -0.25) is 0 Å². The molecule has 3 heteroatoms. The molecule has 18 heavy (non-hydrogen) atoms. The normalized spacial score (nSPS) is 11.8. The first kappa shape index (κ1) is 14.4. The minimum atomic E-state index is 0.367. The van der Waals surface area contributed by atoms with Crippen LogP contribution in [0.1, 0.15) is 45.1 Å². The van der Waals surface area contributed by atoms with Gasteiger partial charge >= 0.3 is 0 Å². The van der Waals surface area contributed by atoms with E-state index >= 15 is 0 Å². The van der Waals surface area contributed by atoms with Crippen LogP contribution in [0.4, 0.5) is 11.4 Å². The number of rotatable bonds is 7. The zero-order chi connectivity index (χ0) is 13.4. The van der Waals surface area contributed by atoms with Crippen LogP contribution < -0.4 is 11.1 Å². The smallest absolute Gasteiger partial charge is 0.0670 e. The molecule has 0 radical (unpaired) electrons. The van der Waals surface area contributed by atoms with Crippen molar-refractivity contribution >= 4 is 11.4 Å². The Bertz CT molecular complexity index is 407. The minimum absolute atomic E-state index is 0.367. The van der Waals surface area contributed by atoms with E-state index in [0.717, 1.165) is 11.3 Å². The van der Waals surface area contributed by atoms with E-state index in [0.29, 0.717) is 18.2 Å². The molecule has 98 valence electrons. The molecule has 3 nitrogen and oxygen atoms in total. The lowest BCUT2D eigenvalue weighted by Crippen LogP contribution is -2.15. The number of nitrogens with zero attached hydrogens (tertiary/aromatic N) is 1. The predicted molar refractivity (Wildman–Crippen MR) is 77.4 cm³/mol. The van der Waals surface area contributed by atoms with E-state index in [2.05, 4.69) is 25.2 Å². The topological polar surface area (TPSA) is 61.8 Å². The number of nitrogens with one attached hydrogen (secondary N) is 1. The summed E-state index contributed by atoms with van der Waals surface area (Å²) in [5.74, 6) is 0. The molecule has 0 aliphatic rings. The van der Waals surface area contributed by atoms with E-state index in [1.54, 1.807) is 0 Å². The molecular weight excluding hydrogens is 222 g/mol. The van der Waals surface area contributed by atoms with Gasteiger partial charge in [0.25, 0.3) is 0 Å². The number of hydrogen-bond donors (Lipinski definition) is 2. The summed E-state index contributed by atoms with van der Waals surface area (Å²) in [4.78, 5) is 0. The van der Waals surface area contributed by atoms with Crippen molar-refractivity contribution in [3.05, 3.63) is 23.8 Å². The quantitative estimate of drug-likeness (QED) is 0.568. The van der Waals surface area contributed by atoms with Crippen molar-refractivity contribution in [1.82, 2.24) is 0 Å². The maximum absolute atomic E-state index is 8.73. The summed E-state index contributed by atoms with van der Waals surface area (Å²) < 4.78 is 0. The largest absolute Gasteiger partial charge is 0.398 e. The van der Waals surface area contributed by atoms with Crippen molar-refractivity contribution in [2.24, 2.45) is 0 Å². The van der Waals surface area contributed by atoms with Gasteiger partial charge in [0.2, 0.25) is 0 Å². The Morgan fingerprint density at radius 1 is 1.39 bits per heavy atom. The predicted octanol–water partition coefficient (Wildman–Crippen LogP) is 3.72. The van der Waals surface area contributed by atoms with Crippen molar-refractivity contribution in [2.75, 3.05) is 11.1 Å². The van der Waals surface area contributed by atoms with Crippen LogP contribution in [-0.2, 0) is 6.42 Å². The third-order valence-electron chi connectivity index (χ3n) is 3.07. The maximum atomic E-state index is 8.73. The number of unbranched alkanes of at least 4 members (excludes halogenated alkanes) is 2. The lowest BCUT2D eigenvalue weighted by atomic mass is 10.1. The number of benzene rings is 1. The van der Waals surface area contributed by atoms with Gasteiger partial charge in [0.1, 0.15) is 0 Å². The Labute approximate surface area is 110 Å². The molecule has 0 fully saturated rings. The second-order valence-corrected chi connectivity index (χ2v) is 4.79. The number of nitriles is 1. The Balaban J connectivity index is 2.56. The van der Waals surface area contributed by atoms with Crippen molar-refractivity contribution < 1.29 is 0 Å². The summed E-state index contributed by atoms with van der Waals surface area (Å²) >= 11 is 0. The number of hydrogen-bond acceptors (Lipinski definition) is 3. The molecule has 1 unspecified atom stereocenters. The average molecular weight is 245 g/mol. The van der Waals surface area contributed by atoms with Crippen LogP contribution in [0.25, 0.3) is 0 Å². The summed E-state index contributed by atoms with van der Waals surface area (Å²) in [6, 6.07) is 8.42. The van der Waals surface area contributed by atoms with E-state index in [-0.39, 0.29) is 0 Å². The first-order chi connectivity index (χ1) is 8.67. The number of nitrogens with two attached hydrogens (primary N) is 1. The average Bonchev–Trinajstić information content (AvgIpc) is 2.34. The lowest BCUT2D eigenvalue weighted by Gasteiger charge is -2.16. The number of nitrogen functional groups attached to an aromatic ring is 1. The van der Waals surface area contributed by atoms with E-state index in [4.69, 9.17) is 11.0 Å². The van der Waals surface area contributed by atoms with Gasteiger partial charge < -0.3 is 11.1 Å². The van der Waals surface area contributed by atoms with Crippen LogP contribution in [-0.4, -0.2) is 6.04 Å². The highest BCUT2D eigenvalue weighted by Crippen LogP contribution is 2.19. The molecule has 1 rings (SSSR count). The van der Waals surface area contributed by atoms with Gasteiger partial charge in [-0.25, -0.2) is 0 Å². The van der Waals surface area contributed by atoms with Crippen molar-refractivity contribution in [2.45, 2.75) is 52.0 Å². The standard InChI is InChI=1S/C15H23N3/c1-3-4-5-6-12(2)18-14-7-8-15(17)13(11-14)9-10-16/h7-8,11-12,18H,3-6,9,17H2,1-2H3. The van der Waals surface area contributed by atoms with Gasteiger partial charge in [-0.05, 0) is 37.1 Å². The zero-order valence-corrected chi connectivity index (χ0v) is 11.4. The molecule has 1 atom stereocenters. The molecule has 3 N–H and O–H groups in total. The molecule has 1 aromatic carbocycles. The monoisotopic (exact) mass is 245 g/mol. The number of anilines is 2. The fourth-order valence-electron chi connectivity index (χ4n) is 1.99. The first-order valence-electron chi connectivity index (χ1n) is 6.69. The zero-order valence-electron chi connectivity index (χ0n) is 11.4. The molecule has 0 aromatic heterocycles. The molecule has 0 heterocycles. The van der Waals surface area contributed by atoms with Gasteiger partial charge in [0, 0.05) is 17.4 Å². The van der Waals surface area contributed by atoms with Crippen molar-refractivity contribution in [3.8, 4) is 6.07 Å². The van der Waals surface area contributed by atoms with Crippen molar-refractivity contribution in [1.29, 1.82) is 5.26 Å². The second kappa shape index (κ2) is 7.60. The second-order valence-electron chi connectivity index (χ2n) is 4.79. The molecule has 0 saturated heterocycles. The molecule has 0 amide bonds. The Morgan fingerprint density at radius 3 is 2.83 bits per heavy atom. The van der Waals surface area contributed by atoms with Gasteiger partial charge in [0.15, 0.2) is 0 Å². The van der Waals surface area contributed by atoms with Crippen LogP contribution in [0.3, 0.4) is 0 Å². The molecular formula is C15H23N3. The SMILES string of the molecule is CCCCCC(C)Nc1ccc(N)c(CC#N)c1. The summed E-state index contributed by atoms with van der Waals surface area (Å²) in [7, 11) is 0. The minimum Gasteiger partial charge on any atom is -0.398 e. The van der Waals surface area contributed by atoms with E-state index in [1.165, 1.54) is 25.7 Å². The van der Waals surface area contributed by atoms with Crippen LogP contribution in [0, 0.1) is 11.3 Å². The molecule has 0 bridgehead atoms. The van der Waals surface area contributed by atoms with Crippen LogP contribution in [0.2, 0.25) is 0 Å². The highest BCUT2D eigenvalue weighted by molar-refractivity contribution is 5.58. The summed E-state index contributed by atoms with van der Waals surface area (Å²) in [6.45, 7) is 4.40. The highest BCUT2D eigenvalue weighted by atomic mass is 14.9. The van der Waals surface area contributed by atoms with Crippen LogP contribution >= 0.6 is 0 Å².